The van der Waals surface area contributed by atoms with Crippen LogP contribution in [0.1, 0.15) is 38.5 Å². The highest BCUT2D eigenvalue weighted by Gasteiger charge is 2.33. The molecular weight excluding hydrogens is 280 g/mol. The fourth-order valence-electron chi connectivity index (χ4n) is 3.42. The first kappa shape index (κ1) is 17.2. The van der Waals surface area contributed by atoms with E-state index in [1.54, 1.807) is 0 Å². The Hall–Kier alpha value is -1.16. The number of β-amino-alcohol motifs (C(OH)–C–C–N with tert-alkyl or cyclic N) is 1. The lowest BCUT2D eigenvalue weighted by Crippen LogP contribution is -2.53. The zero-order chi connectivity index (χ0) is 15.8. The van der Waals surface area contributed by atoms with Gasteiger partial charge in [-0.15, -0.1) is 0 Å². The smallest absolute Gasteiger partial charge is 0.235 e. The van der Waals surface area contributed by atoms with Gasteiger partial charge in [0.25, 0.3) is 0 Å². The molecule has 1 amide bonds. The number of piperazine rings is 1. The summed E-state index contributed by atoms with van der Waals surface area (Å²) < 4.78 is 0. The minimum absolute atomic E-state index is 0.0286. The van der Waals surface area contributed by atoms with E-state index in [9.17, 15) is 10.1 Å². The third kappa shape index (κ3) is 4.94. The van der Waals surface area contributed by atoms with Crippen molar-refractivity contribution in [3.8, 4) is 6.07 Å². The fraction of sp³-hybridized carbons (Fsp3) is 0.875. The van der Waals surface area contributed by atoms with Gasteiger partial charge in [0, 0.05) is 32.7 Å². The second-order valence-electron chi connectivity index (χ2n) is 6.50. The van der Waals surface area contributed by atoms with Gasteiger partial charge in [-0.05, 0) is 12.8 Å². The molecule has 0 aromatic carbocycles. The molecule has 1 saturated heterocycles. The minimum Gasteiger partial charge on any atom is -0.395 e. The molecule has 22 heavy (non-hydrogen) atoms. The lowest BCUT2D eigenvalue weighted by molar-refractivity contribution is -0.124. The summed E-state index contributed by atoms with van der Waals surface area (Å²) in [5.41, 5.74) is -0.647. The van der Waals surface area contributed by atoms with Crippen molar-refractivity contribution in [3.05, 3.63) is 0 Å². The Balaban J connectivity index is 1.78. The lowest BCUT2D eigenvalue weighted by atomic mass is 9.92. The van der Waals surface area contributed by atoms with E-state index in [0.717, 1.165) is 64.7 Å². The predicted molar refractivity (Wildman–Crippen MR) is 84.2 cm³/mol. The third-order valence-corrected chi connectivity index (χ3v) is 4.80. The highest BCUT2D eigenvalue weighted by atomic mass is 16.3. The number of carbonyl (C=O) groups is 1. The molecule has 2 N–H and O–H groups in total. The monoisotopic (exact) mass is 308 g/mol. The number of hydrogen-bond acceptors (Lipinski definition) is 5. The number of amides is 1. The van der Waals surface area contributed by atoms with Crippen LogP contribution in [-0.4, -0.2) is 72.2 Å². The molecule has 1 heterocycles. The van der Waals surface area contributed by atoms with Gasteiger partial charge in [-0.1, -0.05) is 25.7 Å². The Bertz CT molecular complexity index is 391. The molecule has 124 valence electrons. The van der Waals surface area contributed by atoms with Crippen LogP contribution in [0, 0.1) is 11.3 Å². The van der Waals surface area contributed by atoms with Gasteiger partial charge in [-0.2, -0.15) is 5.26 Å². The molecule has 0 bridgehead atoms. The van der Waals surface area contributed by atoms with Gasteiger partial charge in [0.15, 0.2) is 0 Å². The zero-order valence-electron chi connectivity index (χ0n) is 13.4. The number of nitrogens with zero attached hydrogens (tertiary/aromatic N) is 3. The van der Waals surface area contributed by atoms with E-state index in [1.165, 1.54) is 0 Å². The molecule has 1 aliphatic heterocycles. The molecular formula is C16H28N4O2. The molecule has 0 unspecified atom stereocenters. The van der Waals surface area contributed by atoms with Crippen molar-refractivity contribution in [2.24, 2.45) is 0 Å². The predicted octanol–water partition coefficient (Wildman–Crippen LogP) is 0.329. The van der Waals surface area contributed by atoms with Crippen molar-refractivity contribution in [1.82, 2.24) is 15.1 Å². The quantitative estimate of drug-likeness (QED) is 0.716. The molecule has 0 aromatic rings. The number of nitriles is 1. The summed E-state index contributed by atoms with van der Waals surface area (Å²) in [5, 5.41) is 21.5. The number of rotatable bonds is 5. The molecule has 2 aliphatic rings. The Morgan fingerprint density at radius 3 is 2.23 bits per heavy atom. The van der Waals surface area contributed by atoms with Gasteiger partial charge in [0.05, 0.1) is 19.2 Å². The first-order valence-electron chi connectivity index (χ1n) is 8.45. The molecule has 0 aromatic heterocycles. The van der Waals surface area contributed by atoms with Crippen molar-refractivity contribution < 1.29 is 9.90 Å². The number of aliphatic hydroxyl groups excluding tert-OH is 1. The summed E-state index contributed by atoms with van der Waals surface area (Å²) in [7, 11) is 0. The highest BCUT2D eigenvalue weighted by molar-refractivity contribution is 5.79. The maximum atomic E-state index is 12.3. The standard InChI is InChI=1S/C16H28N4O2/c17-14-16(5-3-1-2-4-6-16)18-15(22)13-20-9-7-19(8-10-20)11-12-21/h21H,1-13H2,(H,18,22). The summed E-state index contributed by atoms with van der Waals surface area (Å²) in [4.78, 5) is 16.6. The molecule has 0 atom stereocenters. The van der Waals surface area contributed by atoms with Crippen LogP contribution in [0.3, 0.4) is 0 Å². The minimum atomic E-state index is -0.647. The van der Waals surface area contributed by atoms with Gasteiger partial charge in [-0.25, -0.2) is 0 Å². The molecule has 0 spiro atoms. The molecule has 1 aliphatic carbocycles. The first-order valence-corrected chi connectivity index (χ1v) is 8.45. The Morgan fingerprint density at radius 1 is 1.09 bits per heavy atom. The van der Waals surface area contributed by atoms with Crippen LogP contribution in [0.5, 0.6) is 0 Å². The topological polar surface area (TPSA) is 79.6 Å². The van der Waals surface area contributed by atoms with E-state index < -0.39 is 5.54 Å². The summed E-state index contributed by atoms with van der Waals surface area (Å²) in [6, 6.07) is 2.36. The average Bonchev–Trinajstić information content (AvgIpc) is 2.75. The van der Waals surface area contributed by atoms with E-state index in [2.05, 4.69) is 21.2 Å². The van der Waals surface area contributed by atoms with E-state index in [-0.39, 0.29) is 12.5 Å². The van der Waals surface area contributed by atoms with Crippen LogP contribution in [0.4, 0.5) is 0 Å². The van der Waals surface area contributed by atoms with Crippen LogP contribution in [0.2, 0.25) is 0 Å². The van der Waals surface area contributed by atoms with Gasteiger partial charge >= 0.3 is 0 Å². The Labute approximate surface area is 133 Å². The second kappa shape index (κ2) is 8.47. The number of aliphatic hydroxyl groups is 1. The maximum Gasteiger partial charge on any atom is 0.235 e. The molecule has 0 radical (unpaired) electrons. The normalized spacial score (nSPS) is 23.5. The summed E-state index contributed by atoms with van der Waals surface area (Å²) in [6.07, 6.45) is 5.92. The summed E-state index contributed by atoms with van der Waals surface area (Å²) >= 11 is 0. The van der Waals surface area contributed by atoms with E-state index in [1.807, 2.05) is 0 Å². The highest BCUT2D eigenvalue weighted by Crippen LogP contribution is 2.26. The molecule has 6 nitrogen and oxygen atoms in total. The number of carbonyl (C=O) groups excluding carboxylic acids is 1. The lowest BCUT2D eigenvalue weighted by Gasteiger charge is -2.34. The third-order valence-electron chi connectivity index (χ3n) is 4.80. The maximum absolute atomic E-state index is 12.3. The van der Waals surface area contributed by atoms with Gasteiger partial charge in [-0.3, -0.25) is 14.6 Å². The van der Waals surface area contributed by atoms with Crippen molar-refractivity contribution >= 4 is 5.91 Å². The Kier molecular flexibility index (Phi) is 6.62. The van der Waals surface area contributed by atoms with Crippen molar-refractivity contribution in [2.75, 3.05) is 45.9 Å². The molecule has 1 saturated carbocycles. The average molecular weight is 308 g/mol. The van der Waals surface area contributed by atoms with Gasteiger partial charge in [0.1, 0.15) is 5.54 Å². The van der Waals surface area contributed by atoms with Gasteiger partial charge < -0.3 is 10.4 Å². The van der Waals surface area contributed by atoms with Crippen LogP contribution >= 0.6 is 0 Å². The van der Waals surface area contributed by atoms with E-state index in [4.69, 9.17) is 5.11 Å². The van der Waals surface area contributed by atoms with Crippen molar-refractivity contribution in [1.29, 1.82) is 5.26 Å². The van der Waals surface area contributed by atoms with E-state index >= 15 is 0 Å². The van der Waals surface area contributed by atoms with Crippen LogP contribution in [0.15, 0.2) is 0 Å². The fourth-order valence-corrected chi connectivity index (χ4v) is 3.42. The summed E-state index contributed by atoms with van der Waals surface area (Å²) in [5.74, 6) is -0.0286. The summed E-state index contributed by atoms with van der Waals surface area (Å²) in [6.45, 7) is 4.72. The molecule has 2 rings (SSSR count). The zero-order valence-corrected chi connectivity index (χ0v) is 13.4. The second-order valence-corrected chi connectivity index (χ2v) is 6.50. The van der Waals surface area contributed by atoms with Crippen molar-refractivity contribution in [3.63, 3.8) is 0 Å². The number of nitrogens with one attached hydrogen (secondary N) is 1. The van der Waals surface area contributed by atoms with Crippen LogP contribution in [-0.2, 0) is 4.79 Å². The SMILES string of the molecule is N#CC1(NC(=O)CN2CCN(CCO)CC2)CCCCCC1. The molecule has 6 heteroatoms. The van der Waals surface area contributed by atoms with E-state index in [0.29, 0.717) is 13.1 Å². The van der Waals surface area contributed by atoms with Crippen LogP contribution in [0.25, 0.3) is 0 Å². The Morgan fingerprint density at radius 2 is 1.68 bits per heavy atom. The van der Waals surface area contributed by atoms with Crippen molar-refractivity contribution in [2.45, 2.75) is 44.1 Å². The van der Waals surface area contributed by atoms with Gasteiger partial charge in [0.2, 0.25) is 5.91 Å². The van der Waals surface area contributed by atoms with Crippen LogP contribution < -0.4 is 5.32 Å². The first-order chi connectivity index (χ1) is 10.7. The molecule has 2 fully saturated rings. The number of hydrogen-bond donors (Lipinski definition) is 2. The largest absolute Gasteiger partial charge is 0.395 e.